The molecule has 0 aliphatic carbocycles. The minimum absolute atomic E-state index is 0.863. The lowest BCUT2D eigenvalue weighted by molar-refractivity contribution is 0.476. The molecular formula is C48H28N2O2. The summed E-state index contributed by atoms with van der Waals surface area (Å²) < 4.78 is 17.9. The van der Waals surface area contributed by atoms with Crippen LogP contribution >= 0.6 is 0 Å². The van der Waals surface area contributed by atoms with Crippen molar-refractivity contribution in [3.63, 3.8) is 0 Å². The number of hydrogen-bond donors (Lipinski definition) is 0. The van der Waals surface area contributed by atoms with Crippen LogP contribution in [0.3, 0.4) is 0 Å². The van der Waals surface area contributed by atoms with E-state index in [1.54, 1.807) is 0 Å². The van der Waals surface area contributed by atoms with E-state index in [1.165, 1.54) is 43.8 Å². The second-order valence-corrected chi connectivity index (χ2v) is 13.7. The molecule has 0 unspecified atom stereocenters. The summed E-state index contributed by atoms with van der Waals surface area (Å²) in [6.07, 6.45) is 0. The van der Waals surface area contributed by atoms with E-state index in [0.29, 0.717) is 0 Å². The quantitative estimate of drug-likeness (QED) is 0.188. The van der Waals surface area contributed by atoms with Crippen LogP contribution in [0.2, 0.25) is 0 Å². The molecule has 4 heterocycles. The number of hydrogen-bond acceptors (Lipinski definition) is 2. The van der Waals surface area contributed by atoms with Crippen molar-refractivity contribution in [3.8, 4) is 67.8 Å². The Bertz CT molecular complexity index is 2900. The summed E-state index contributed by atoms with van der Waals surface area (Å²) in [6, 6.07) is 60.6. The molecule has 2 aromatic heterocycles. The third kappa shape index (κ3) is 3.81. The Labute approximate surface area is 298 Å². The van der Waals surface area contributed by atoms with Crippen molar-refractivity contribution < 1.29 is 9.47 Å². The topological polar surface area (TPSA) is 28.3 Å². The fourth-order valence-corrected chi connectivity index (χ4v) is 8.53. The van der Waals surface area contributed by atoms with Crippen molar-refractivity contribution in [1.82, 2.24) is 9.13 Å². The van der Waals surface area contributed by atoms with Crippen molar-refractivity contribution in [2.75, 3.05) is 0 Å². The van der Waals surface area contributed by atoms with Gasteiger partial charge in [-0.1, -0.05) is 97.1 Å². The summed E-state index contributed by atoms with van der Waals surface area (Å²) in [5.41, 5.74) is 13.6. The van der Waals surface area contributed by atoms with Crippen molar-refractivity contribution in [2.24, 2.45) is 0 Å². The summed E-state index contributed by atoms with van der Waals surface area (Å²) in [5.74, 6) is 3.48. The number of nitrogens with zero attached hydrogens (tertiary/aromatic N) is 2. The van der Waals surface area contributed by atoms with Crippen LogP contribution in [0.1, 0.15) is 0 Å². The summed E-state index contributed by atoms with van der Waals surface area (Å²) in [6.45, 7) is 0. The zero-order valence-corrected chi connectivity index (χ0v) is 27.9. The van der Waals surface area contributed by atoms with Gasteiger partial charge in [-0.15, -0.1) is 0 Å². The number of para-hydroxylation sites is 4. The molecular weight excluding hydrogens is 637 g/mol. The largest absolute Gasteiger partial charge is 0.453 e. The fraction of sp³-hybridized carbons (Fsp3) is 0. The van der Waals surface area contributed by atoms with Gasteiger partial charge in [0, 0.05) is 21.5 Å². The van der Waals surface area contributed by atoms with Crippen LogP contribution in [0.15, 0.2) is 170 Å². The molecule has 0 spiro atoms. The van der Waals surface area contributed by atoms with Gasteiger partial charge >= 0.3 is 0 Å². The lowest BCUT2D eigenvalue weighted by Crippen LogP contribution is -2.04. The first kappa shape index (κ1) is 27.7. The van der Waals surface area contributed by atoms with Gasteiger partial charge in [-0.3, -0.25) is 0 Å². The lowest BCUT2D eigenvalue weighted by Gasteiger charge is -2.21. The van der Waals surface area contributed by atoms with Gasteiger partial charge in [-0.05, 0) is 106 Å². The average molecular weight is 665 g/mol. The van der Waals surface area contributed by atoms with Crippen molar-refractivity contribution in [2.45, 2.75) is 0 Å². The normalized spacial score (nSPS) is 12.5. The highest BCUT2D eigenvalue weighted by Gasteiger charge is 2.27. The molecule has 0 bridgehead atoms. The van der Waals surface area contributed by atoms with Crippen molar-refractivity contribution >= 4 is 43.6 Å². The number of fused-ring (bicyclic) bond motifs is 10. The summed E-state index contributed by atoms with van der Waals surface area (Å²) in [4.78, 5) is 0. The van der Waals surface area contributed by atoms with Crippen LogP contribution in [-0.4, -0.2) is 9.13 Å². The van der Waals surface area contributed by atoms with E-state index in [4.69, 9.17) is 9.47 Å². The fourth-order valence-electron chi connectivity index (χ4n) is 8.53. The molecule has 10 aromatic rings. The van der Waals surface area contributed by atoms with E-state index in [9.17, 15) is 0 Å². The zero-order valence-electron chi connectivity index (χ0n) is 27.9. The molecule has 242 valence electrons. The van der Waals surface area contributed by atoms with Gasteiger partial charge < -0.3 is 18.6 Å². The Kier molecular flexibility index (Phi) is 5.47. The van der Waals surface area contributed by atoms with Crippen molar-refractivity contribution in [3.05, 3.63) is 170 Å². The molecule has 0 atom stereocenters. The number of aromatic nitrogens is 2. The predicted molar refractivity (Wildman–Crippen MR) is 212 cm³/mol. The van der Waals surface area contributed by atoms with E-state index in [2.05, 4.69) is 167 Å². The Morgan fingerprint density at radius 3 is 1.15 bits per heavy atom. The van der Waals surface area contributed by atoms with Crippen LogP contribution in [0, 0.1) is 0 Å². The maximum Gasteiger partial charge on any atom is 0.152 e. The minimum Gasteiger partial charge on any atom is -0.453 e. The first-order valence-electron chi connectivity index (χ1n) is 17.7. The maximum absolute atomic E-state index is 6.61. The Morgan fingerprint density at radius 1 is 0.288 bits per heavy atom. The van der Waals surface area contributed by atoms with E-state index in [0.717, 1.165) is 67.6 Å². The van der Waals surface area contributed by atoms with Crippen LogP contribution in [0.4, 0.5) is 0 Å². The Morgan fingerprint density at radius 2 is 0.692 bits per heavy atom. The second-order valence-electron chi connectivity index (χ2n) is 13.7. The lowest BCUT2D eigenvalue weighted by atomic mass is 9.98. The molecule has 0 saturated heterocycles. The molecule has 2 aliphatic rings. The predicted octanol–water partition coefficient (Wildman–Crippen LogP) is 13.1. The van der Waals surface area contributed by atoms with Gasteiger partial charge in [0.2, 0.25) is 0 Å². The maximum atomic E-state index is 6.61. The van der Waals surface area contributed by atoms with Crippen LogP contribution in [0.5, 0.6) is 23.0 Å². The Balaban J connectivity index is 1.11. The summed E-state index contributed by atoms with van der Waals surface area (Å²) in [5, 5.41) is 4.75. The Hall–Kier alpha value is -7.04. The van der Waals surface area contributed by atoms with Gasteiger partial charge in [-0.25, -0.2) is 0 Å². The third-order valence-corrected chi connectivity index (χ3v) is 10.9. The number of benzene rings is 8. The first-order chi connectivity index (χ1) is 25.8. The smallest absolute Gasteiger partial charge is 0.152 e. The molecule has 4 heteroatoms. The van der Waals surface area contributed by atoms with Gasteiger partial charge in [0.05, 0.1) is 33.4 Å². The highest BCUT2D eigenvalue weighted by molar-refractivity contribution is 6.16. The molecule has 0 N–H and O–H groups in total. The molecule has 8 aromatic carbocycles. The van der Waals surface area contributed by atoms with Crippen LogP contribution in [-0.2, 0) is 0 Å². The van der Waals surface area contributed by atoms with E-state index in [1.807, 2.05) is 12.1 Å². The standard InChI is InChI=1S/C48H28N2O2/c1-3-11-29(12-4-1)33-25-37-35-23-31(19-21-39(35)49-41-15-7-9-17-43(41)51-45(27-33)47(37)49)32-20-22-40-36(24-32)38-26-34(30-13-5-2-6-14-30)28-46-48(38)50(40)42-16-8-10-18-44(42)52-46/h1-28H. The van der Waals surface area contributed by atoms with E-state index >= 15 is 0 Å². The molecule has 52 heavy (non-hydrogen) atoms. The van der Waals surface area contributed by atoms with Crippen LogP contribution in [0.25, 0.3) is 88.4 Å². The van der Waals surface area contributed by atoms with Gasteiger partial charge in [0.15, 0.2) is 23.0 Å². The highest BCUT2D eigenvalue weighted by atomic mass is 16.5. The molecule has 0 radical (unpaired) electrons. The zero-order chi connectivity index (χ0) is 33.9. The molecule has 0 amide bonds. The van der Waals surface area contributed by atoms with Crippen molar-refractivity contribution in [1.29, 1.82) is 0 Å². The van der Waals surface area contributed by atoms with Gasteiger partial charge in [-0.2, -0.15) is 0 Å². The monoisotopic (exact) mass is 664 g/mol. The SMILES string of the molecule is c1ccc(-c2cc3c4c(c2)c2cc(-c5ccc6c(c5)c5cc(-c7ccccc7)cc7c5n6-c5ccccc5O7)ccc2n4-c2ccccc2O3)cc1. The van der Waals surface area contributed by atoms with E-state index in [-0.39, 0.29) is 0 Å². The van der Waals surface area contributed by atoms with Gasteiger partial charge in [0.1, 0.15) is 0 Å². The van der Waals surface area contributed by atoms with Crippen LogP contribution < -0.4 is 9.47 Å². The summed E-state index contributed by atoms with van der Waals surface area (Å²) in [7, 11) is 0. The number of rotatable bonds is 3. The molecule has 2 aliphatic heterocycles. The molecule has 12 rings (SSSR count). The highest BCUT2D eigenvalue weighted by Crippen LogP contribution is 2.50. The number of ether oxygens (including phenoxy) is 2. The average Bonchev–Trinajstić information content (AvgIpc) is 3.72. The molecule has 0 saturated carbocycles. The third-order valence-electron chi connectivity index (χ3n) is 10.9. The first-order valence-corrected chi connectivity index (χ1v) is 17.7. The second kappa shape index (κ2) is 10.3. The van der Waals surface area contributed by atoms with E-state index < -0.39 is 0 Å². The molecule has 0 fully saturated rings. The summed E-state index contributed by atoms with van der Waals surface area (Å²) >= 11 is 0. The molecule has 4 nitrogen and oxygen atoms in total. The van der Waals surface area contributed by atoms with Gasteiger partial charge in [0.25, 0.3) is 0 Å². The minimum atomic E-state index is 0.863.